The molecule has 1 aliphatic heterocycles. The third-order valence-corrected chi connectivity index (χ3v) is 3.97. The fourth-order valence-corrected chi connectivity index (χ4v) is 2.66. The summed E-state index contributed by atoms with van der Waals surface area (Å²) in [5.74, 6) is 0.656. The highest BCUT2D eigenvalue weighted by atomic mass is 16.5. The predicted molar refractivity (Wildman–Crippen MR) is 72.4 cm³/mol. The standard InChI is InChI=1S/C14H18N4O/c1-18-6-4-10-11(5-7-18)16-14-13(10)15-8-12(17-14)19-9-2-3-9/h8-9H,2-7H2,1H3,(H,16,17). The van der Waals surface area contributed by atoms with Gasteiger partial charge in [0.2, 0.25) is 5.88 Å². The maximum atomic E-state index is 5.71. The van der Waals surface area contributed by atoms with Crippen molar-refractivity contribution in [3.63, 3.8) is 0 Å². The molecular formula is C14H18N4O. The summed E-state index contributed by atoms with van der Waals surface area (Å²) in [7, 11) is 2.17. The Morgan fingerprint density at radius 2 is 2.16 bits per heavy atom. The Morgan fingerprint density at radius 3 is 3.00 bits per heavy atom. The van der Waals surface area contributed by atoms with Crippen LogP contribution < -0.4 is 4.74 Å². The first-order valence-electron chi connectivity index (χ1n) is 7.01. The van der Waals surface area contributed by atoms with Crippen molar-refractivity contribution in [2.24, 2.45) is 0 Å². The Hall–Kier alpha value is -1.62. The molecule has 1 aliphatic carbocycles. The summed E-state index contributed by atoms with van der Waals surface area (Å²) in [5.41, 5.74) is 4.54. The highest BCUT2D eigenvalue weighted by Crippen LogP contribution is 2.28. The topological polar surface area (TPSA) is 54.0 Å². The lowest BCUT2D eigenvalue weighted by atomic mass is 10.1. The molecule has 5 heteroatoms. The molecule has 0 atom stereocenters. The molecular weight excluding hydrogens is 240 g/mol. The maximum Gasteiger partial charge on any atom is 0.234 e. The number of H-pyrrole nitrogens is 1. The molecule has 1 fully saturated rings. The van der Waals surface area contributed by atoms with Crippen molar-refractivity contribution in [1.29, 1.82) is 0 Å². The molecule has 2 aromatic heterocycles. The summed E-state index contributed by atoms with van der Waals surface area (Å²) in [5, 5.41) is 0. The van der Waals surface area contributed by atoms with Gasteiger partial charge in [-0.05, 0) is 26.3 Å². The molecule has 0 radical (unpaired) electrons. The van der Waals surface area contributed by atoms with Gasteiger partial charge in [0.15, 0.2) is 5.65 Å². The van der Waals surface area contributed by atoms with E-state index in [1.54, 1.807) is 6.20 Å². The fraction of sp³-hybridized carbons (Fsp3) is 0.571. The van der Waals surface area contributed by atoms with Gasteiger partial charge in [-0.2, -0.15) is 4.98 Å². The van der Waals surface area contributed by atoms with Gasteiger partial charge in [0.1, 0.15) is 11.6 Å². The molecule has 0 saturated heterocycles. The van der Waals surface area contributed by atoms with Crippen molar-refractivity contribution < 1.29 is 4.74 Å². The number of likely N-dealkylation sites (N-methyl/N-ethyl adjacent to an activating group) is 1. The Balaban J connectivity index is 1.72. The number of aromatic amines is 1. The van der Waals surface area contributed by atoms with Gasteiger partial charge in [0.25, 0.3) is 0 Å². The largest absolute Gasteiger partial charge is 0.473 e. The van der Waals surface area contributed by atoms with Gasteiger partial charge in [-0.3, -0.25) is 0 Å². The number of hydrogen-bond donors (Lipinski definition) is 1. The minimum Gasteiger partial charge on any atom is -0.473 e. The van der Waals surface area contributed by atoms with Crippen LogP contribution in [0.4, 0.5) is 0 Å². The molecule has 4 rings (SSSR count). The van der Waals surface area contributed by atoms with Crippen LogP contribution in [0.3, 0.4) is 0 Å². The van der Waals surface area contributed by atoms with Crippen LogP contribution in [-0.2, 0) is 12.8 Å². The molecule has 2 aromatic rings. The first-order valence-corrected chi connectivity index (χ1v) is 7.01. The smallest absolute Gasteiger partial charge is 0.234 e. The molecule has 0 spiro atoms. The average Bonchev–Trinajstić information content (AvgIpc) is 3.16. The van der Waals surface area contributed by atoms with Gasteiger partial charge >= 0.3 is 0 Å². The molecule has 0 aromatic carbocycles. The van der Waals surface area contributed by atoms with Crippen LogP contribution in [0.1, 0.15) is 24.1 Å². The Labute approximate surface area is 112 Å². The molecule has 0 amide bonds. The maximum absolute atomic E-state index is 5.71. The molecule has 2 aliphatic rings. The van der Waals surface area contributed by atoms with E-state index in [9.17, 15) is 0 Å². The van der Waals surface area contributed by atoms with Crippen molar-refractivity contribution >= 4 is 11.2 Å². The fourth-order valence-electron chi connectivity index (χ4n) is 2.66. The van der Waals surface area contributed by atoms with E-state index in [0.29, 0.717) is 12.0 Å². The van der Waals surface area contributed by atoms with E-state index in [1.807, 2.05) is 0 Å². The highest BCUT2D eigenvalue weighted by Gasteiger charge is 2.25. The van der Waals surface area contributed by atoms with E-state index in [2.05, 4.69) is 26.9 Å². The quantitative estimate of drug-likeness (QED) is 0.887. The minimum atomic E-state index is 0.369. The van der Waals surface area contributed by atoms with E-state index in [4.69, 9.17) is 4.74 Å². The zero-order valence-electron chi connectivity index (χ0n) is 11.1. The molecule has 19 heavy (non-hydrogen) atoms. The van der Waals surface area contributed by atoms with Gasteiger partial charge in [0, 0.05) is 30.8 Å². The third kappa shape index (κ3) is 2.08. The van der Waals surface area contributed by atoms with Crippen molar-refractivity contribution in [2.75, 3.05) is 20.1 Å². The van der Waals surface area contributed by atoms with Crippen LogP contribution in [0.15, 0.2) is 6.20 Å². The van der Waals surface area contributed by atoms with Crippen molar-refractivity contribution in [2.45, 2.75) is 31.8 Å². The second kappa shape index (κ2) is 4.20. The van der Waals surface area contributed by atoms with Crippen LogP contribution in [-0.4, -0.2) is 46.1 Å². The van der Waals surface area contributed by atoms with Gasteiger partial charge in [0.05, 0.1) is 6.20 Å². The Kier molecular flexibility index (Phi) is 2.48. The second-order valence-corrected chi connectivity index (χ2v) is 5.61. The van der Waals surface area contributed by atoms with E-state index >= 15 is 0 Å². The Bertz CT molecular complexity index is 617. The zero-order valence-corrected chi connectivity index (χ0v) is 11.1. The van der Waals surface area contributed by atoms with E-state index in [0.717, 1.165) is 49.9 Å². The monoisotopic (exact) mass is 258 g/mol. The van der Waals surface area contributed by atoms with E-state index in [1.165, 1.54) is 11.3 Å². The number of hydrogen-bond acceptors (Lipinski definition) is 4. The van der Waals surface area contributed by atoms with Gasteiger partial charge < -0.3 is 14.6 Å². The number of fused-ring (bicyclic) bond motifs is 3. The number of nitrogens with one attached hydrogen (secondary N) is 1. The molecule has 1 saturated carbocycles. The third-order valence-electron chi connectivity index (χ3n) is 3.97. The van der Waals surface area contributed by atoms with Crippen LogP contribution in [0.2, 0.25) is 0 Å². The van der Waals surface area contributed by atoms with Crippen LogP contribution in [0, 0.1) is 0 Å². The summed E-state index contributed by atoms with van der Waals surface area (Å²) in [4.78, 5) is 14.9. The second-order valence-electron chi connectivity index (χ2n) is 5.61. The van der Waals surface area contributed by atoms with Crippen LogP contribution >= 0.6 is 0 Å². The van der Waals surface area contributed by atoms with Gasteiger partial charge in [-0.1, -0.05) is 0 Å². The van der Waals surface area contributed by atoms with Gasteiger partial charge in [-0.15, -0.1) is 0 Å². The van der Waals surface area contributed by atoms with E-state index < -0.39 is 0 Å². The normalized spacial score (nSPS) is 20.3. The van der Waals surface area contributed by atoms with Crippen LogP contribution in [0.5, 0.6) is 5.88 Å². The van der Waals surface area contributed by atoms with Gasteiger partial charge in [-0.25, -0.2) is 4.98 Å². The predicted octanol–water partition coefficient (Wildman–Crippen LogP) is 1.53. The number of aromatic nitrogens is 3. The van der Waals surface area contributed by atoms with Crippen molar-refractivity contribution in [1.82, 2.24) is 19.9 Å². The summed E-state index contributed by atoms with van der Waals surface area (Å²) in [6.45, 7) is 2.17. The SMILES string of the molecule is CN1CCc2[nH]c3nc(OC4CC4)cnc3c2CC1. The summed E-state index contributed by atoms with van der Waals surface area (Å²) in [6.07, 6.45) is 6.52. The molecule has 100 valence electrons. The first-order chi connectivity index (χ1) is 9.29. The lowest BCUT2D eigenvalue weighted by Gasteiger charge is -2.11. The lowest BCUT2D eigenvalue weighted by molar-refractivity contribution is 0.291. The highest BCUT2D eigenvalue weighted by molar-refractivity contribution is 5.77. The van der Waals surface area contributed by atoms with Crippen molar-refractivity contribution in [3.8, 4) is 5.88 Å². The summed E-state index contributed by atoms with van der Waals surface area (Å²) < 4.78 is 5.71. The minimum absolute atomic E-state index is 0.369. The zero-order chi connectivity index (χ0) is 12.8. The summed E-state index contributed by atoms with van der Waals surface area (Å²) >= 11 is 0. The lowest BCUT2D eigenvalue weighted by Crippen LogP contribution is -2.21. The molecule has 0 unspecified atom stereocenters. The molecule has 1 N–H and O–H groups in total. The van der Waals surface area contributed by atoms with E-state index in [-0.39, 0.29) is 0 Å². The average molecular weight is 258 g/mol. The van der Waals surface area contributed by atoms with Crippen LogP contribution in [0.25, 0.3) is 11.2 Å². The number of rotatable bonds is 2. The molecule has 5 nitrogen and oxygen atoms in total. The first kappa shape index (κ1) is 11.2. The summed E-state index contributed by atoms with van der Waals surface area (Å²) in [6, 6.07) is 0. The molecule has 3 heterocycles. The Morgan fingerprint density at radius 1 is 1.32 bits per heavy atom. The number of ether oxygens (including phenoxy) is 1. The number of nitrogens with zero attached hydrogens (tertiary/aromatic N) is 3. The molecule has 0 bridgehead atoms. The van der Waals surface area contributed by atoms with Crippen molar-refractivity contribution in [3.05, 3.63) is 17.5 Å².